The molecule has 2 rings (SSSR count). The van der Waals surface area contributed by atoms with Crippen LogP contribution in [0.3, 0.4) is 0 Å². The third-order valence-corrected chi connectivity index (χ3v) is 3.92. The van der Waals surface area contributed by atoms with Crippen LogP contribution in [-0.2, 0) is 11.2 Å². The van der Waals surface area contributed by atoms with Crippen LogP contribution in [0.4, 0.5) is 10.5 Å². The van der Waals surface area contributed by atoms with Gasteiger partial charge in [0.1, 0.15) is 5.60 Å². The minimum absolute atomic E-state index is 0.101. The fraction of sp³-hybridized carbons (Fsp3) is 0.588. The van der Waals surface area contributed by atoms with E-state index in [4.69, 9.17) is 9.47 Å². The molecule has 1 amide bonds. The Morgan fingerprint density at radius 2 is 2.00 bits per heavy atom. The number of anilines is 1. The lowest BCUT2D eigenvalue weighted by atomic mass is 10.0. The number of rotatable bonds is 5. The first kappa shape index (κ1) is 17.4. The summed E-state index contributed by atoms with van der Waals surface area (Å²) in [5, 5.41) is 16.1. The molecule has 3 N–H and O–H groups in total. The molecular formula is C17H26N2O4. The van der Waals surface area contributed by atoms with Crippen molar-refractivity contribution in [3.8, 4) is 11.5 Å². The molecule has 1 aliphatic carbocycles. The number of hydrogen-bond acceptors (Lipinski definition) is 5. The highest BCUT2D eigenvalue weighted by molar-refractivity contribution is 5.88. The maximum Gasteiger partial charge on any atom is 0.412 e. The van der Waals surface area contributed by atoms with Gasteiger partial charge in [0.05, 0.1) is 12.8 Å². The molecule has 1 aromatic rings. The van der Waals surface area contributed by atoms with Gasteiger partial charge in [-0.1, -0.05) is 0 Å². The first-order valence-electron chi connectivity index (χ1n) is 7.77. The molecule has 1 aromatic carbocycles. The highest BCUT2D eigenvalue weighted by Gasteiger charge is 2.41. The van der Waals surface area contributed by atoms with Crippen LogP contribution in [0.25, 0.3) is 0 Å². The van der Waals surface area contributed by atoms with Gasteiger partial charge in [-0.3, -0.25) is 5.32 Å². The molecule has 0 radical (unpaired) electrons. The molecule has 0 atom stereocenters. The molecular weight excluding hydrogens is 296 g/mol. The van der Waals surface area contributed by atoms with Gasteiger partial charge in [-0.05, 0) is 64.8 Å². The average Bonchev–Trinajstić information content (AvgIpc) is 3.20. The third-order valence-electron chi connectivity index (χ3n) is 3.92. The molecule has 0 unspecified atom stereocenters. The standard InChI is InChI=1S/C17H26N2O4/c1-16(2,3)23-15(21)19-12-8-11(9-13(22-5)14(12)20)10-17(18-4)6-7-17/h8-9,18,20H,6-7,10H2,1-5H3,(H,19,21). The van der Waals surface area contributed by atoms with Gasteiger partial charge in [-0.2, -0.15) is 0 Å². The smallest absolute Gasteiger partial charge is 0.412 e. The fourth-order valence-electron chi connectivity index (χ4n) is 2.49. The zero-order valence-electron chi connectivity index (χ0n) is 14.4. The number of nitrogens with one attached hydrogen (secondary N) is 2. The second-order valence-corrected chi connectivity index (χ2v) is 7.03. The van der Waals surface area contributed by atoms with Crippen molar-refractivity contribution >= 4 is 11.8 Å². The van der Waals surface area contributed by atoms with Gasteiger partial charge in [0.2, 0.25) is 0 Å². The minimum Gasteiger partial charge on any atom is -0.503 e. The van der Waals surface area contributed by atoms with E-state index in [2.05, 4.69) is 10.6 Å². The number of benzene rings is 1. The van der Waals surface area contributed by atoms with E-state index in [1.165, 1.54) is 7.11 Å². The van der Waals surface area contributed by atoms with E-state index in [0.717, 1.165) is 24.8 Å². The summed E-state index contributed by atoms with van der Waals surface area (Å²) in [6.07, 6.45) is 2.42. The summed E-state index contributed by atoms with van der Waals surface area (Å²) >= 11 is 0. The number of amides is 1. The number of carbonyl (C=O) groups excluding carboxylic acids is 1. The second kappa shape index (κ2) is 6.28. The van der Waals surface area contributed by atoms with E-state index in [1.54, 1.807) is 32.9 Å². The van der Waals surface area contributed by atoms with Crippen molar-refractivity contribution in [3.05, 3.63) is 17.7 Å². The van der Waals surface area contributed by atoms with E-state index >= 15 is 0 Å². The zero-order valence-corrected chi connectivity index (χ0v) is 14.4. The first-order chi connectivity index (χ1) is 10.7. The van der Waals surface area contributed by atoms with Crippen LogP contribution in [-0.4, -0.2) is 36.5 Å². The third kappa shape index (κ3) is 4.51. The zero-order chi connectivity index (χ0) is 17.3. The van der Waals surface area contributed by atoms with Crippen LogP contribution in [0.5, 0.6) is 11.5 Å². The Kier molecular flexibility index (Phi) is 4.75. The van der Waals surface area contributed by atoms with Gasteiger partial charge in [0.25, 0.3) is 0 Å². The molecule has 6 heteroatoms. The molecule has 0 saturated heterocycles. The van der Waals surface area contributed by atoms with E-state index in [0.29, 0.717) is 11.4 Å². The molecule has 128 valence electrons. The van der Waals surface area contributed by atoms with E-state index in [9.17, 15) is 9.90 Å². The SMILES string of the molecule is CNC1(Cc2cc(NC(=O)OC(C)(C)C)c(O)c(OC)c2)CC1. The Balaban J connectivity index is 2.22. The lowest BCUT2D eigenvalue weighted by Gasteiger charge is -2.21. The van der Waals surface area contributed by atoms with Gasteiger partial charge in [0.15, 0.2) is 11.5 Å². The summed E-state index contributed by atoms with van der Waals surface area (Å²) in [5.41, 5.74) is 0.787. The normalized spacial score (nSPS) is 15.9. The number of aromatic hydroxyl groups is 1. The van der Waals surface area contributed by atoms with Crippen LogP contribution in [0.2, 0.25) is 0 Å². The van der Waals surface area contributed by atoms with Gasteiger partial charge in [-0.25, -0.2) is 4.79 Å². The Morgan fingerprint density at radius 1 is 1.35 bits per heavy atom. The number of hydrogen-bond donors (Lipinski definition) is 3. The van der Waals surface area contributed by atoms with E-state index in [-0.39, 0.29) is 11.3 Å². The second-order valence-electron chi connectivity index (χ2n) is 7.03. The number of methoxy groups -OCH3 is 1. The van der Waals surface area contributed by atoms with Gasteiger partial charge in [-0.15, -0.1) is 0 Å². The molecule has 6 nitrogen and oxygen atoms in total. The van der Waals surface area contributed by atoms with Crippen molar-refractivity contribution in [2.45, 2.75) is 51.2 Å². The van der Waals surface area contributed by atoms with Crippen molar-refractivity contribution in [2.75, 3.05) is 19.5 Å². The monoisotopic (exact) mass is 322 g/mol. The van der Waals surface area contributed by atoms with Crippen molar-refractivity contribution < 1.29 is 19.4 Å². The van der Waals surface area contributed by atoms with Crippen LogP contribution in [0, 0.1) is 0 Å². The summed E-state index contributed by atoms with van der Waals surface area (Å²) in [6.45, 7) is 5.35. The van der Waals surface area contributed by atoms with E-state index in [1.807, 2.05) is 7.05 Å². The number of ether oxygens (including phenoxy) is 2. The number of carbonyl (C=O) groups is 1. The van der Waals surface area contributed by atoms with Crippen molar-refractivity contribution in [2.24, 2.45) is 0 Å². The van der Waals surface area contributed by atoms with Crippen LogP contribution >= 0.6 is 0 Å². The minimum atomic E-state index is -0.609. The van der Waals surface area contributed by atoms with Crippen molar-refractivity contribution in [1.29, 1.82) is 0 Å². The Bertz CT molecular complexity index is 589. The number of likely N-dealkylation sites (N-methyl/N-ethyl adjacent to an activating group) is 1. The first-order valence-corrected chi connectivity index (χ1v) is 7.77. The maximum atomic E-state index is 11.9. The fourth-order valence-corrected chi connectivity index (χ4v) is 2.49. The van der Waals surface area contributed by atoms with E-state index < -0.39 is 11.7 Å². The van der Waals surface area contributed by atoms with Crippen LogP contribution < -0.4 is 15.4 Å². The number of phenolic OH excluding ortho intramolecular Hbond substituents is 1. The molecule has 1 aliphatic rings. The van der Waals surface area contributed by atoms with Crippen LogP contribution in [0.15, 0.2) is 12.1 Å². The maximum absolute atomic E-state index is 11.9. The van der Waals surface area contributed by atoms with Crippen molar-refractivity contribution in [3.63, 3.8) is 0 Å². The topological polar surface area (TPSA) is 79.8 Å². The molecule has 1 fully saturated rings. The van der Waals surface area contributed by atoms with Crippen molar-refractivity contribution in [1.82, 2.24) is 5.32 Å². The summed E-state index contributed by atoms with van der Waals surface area (Å²) in [6, 6.07) is 3.56. The summed E-state index contributed by atoms with van der Waals surface area (Å²) in [4.78, 5) is 11.9. The Labute approximate surface area is 137 Å². The molecule has 0 spiro atoms. The lowest BCUT2D eigenvalue weighted by molar-refractivity contribution is 0.0635. The van der Waals surface area contributed by atoms with Crippen LogP contribution in [0.1, 0.15) is 39.2 Å². The van der Waals surface area contributed by atoms with Gasteiger partial charge >= 0.3 is 6.09 Å². The molecule has 0 heterocycles. The highest BCUT2D eigenvalue weighted by Crippen LogP contribution is 2.42. The largest absolute Gasteiger partial charge is 0.503 e. The molecule has 0 bridgehead atoms. The lowest BCUT2D eigenvalue weighted by Crippen LogP contribution is -2.29. The highest BCUT2D eigenvalue weighted by atomic mass is 16.6. The summed E-state index contributed by atoms with van der Waals surface area (Å²) < 4.78 is 10.4. The molecule has 0 aliphatic heterocycles. The Morgan fingerprint density at radius 3 is 2.48 bits per heavy atom. The number of phenols is 1. The quantitative estimate of drug-likeness (QED) is 0.726. The molecule has 1 saturated carbocycles. The van der Waals surface area contributed by atoms with Gasteiger partial charge in [0, 0.05) is 5.54 Å². The van der Waals surface area contributed by atoms with Gasteiger partial charge < -0.3 is 19.9 Å². The molecule has 0 aromatic heterocycles. The molecule has 23 heavy (non-hydrogen) atoms. The Hall–Kier alpha value is -1.95. The summed E-state index contributed by atoms with van der Waals surface area (Å²) in [7, 11) is 3.44. The summed E-state index contributed by atoms with van der Waals surface area (Å²) in [5.74, 6) is 0.233. The average molecular weight is 322 g/mol. The predicted molar refractivity (Wildman–Crippen MR) is 89.2 cm³/mol. The predicted octanol–water partition coefficient (Wildman–Crippen LogP) is 3.04.